The van der Waals surface area contributed by atoms with Gasteiger partial charge in [-0.05, 0) is 59.7 Å². The quantitative estimate of drug-likeness (QED) is 0.317. The number of aromatic nitrogens is 4. The van der Waals surface area contributed by atoms with Crippen molar-refractivity contribution in [3.8, 4) is 22.8 Å². The van der Waals surface area contributed by atoms with Crippen LogP contribution in [-0.4, -0.2) is 56.9 Å². The number of nitrogens with zero attached hydrogens (tertiary/aromatic N) is 4. The van der Waals surface area contributed by atoms with Gasteiger partial charge in [-0.3, -0.25) is 0 Å². The molecule has 0 spiro atoms. The summed E-state index contributed by atoms with van der Waals surface area (Å²) in [6.45, 7) is 10.7. The number of anilines is 2. The standard InChI is InChI=1S/C28H33N5O6/c1-27(2,3)38-25(34)32-16-18(15-30-32)20-11-17-14-29-24(13-21(17)33(20)26(35)39-28(4,5)6)31-19-9-10-22(36-7)23(12-19)37-8/h9-16H,1-8H3,(H,29,31). The van der Waals surface area contributed by atoms with Crippen LogP contribution in [-0.2, 0) is 9.47 Å². The van der Waals surface area contributed by atoms with Crippen molar-refractivity contribution < 1.29 is 28.5 Å². The molecule has 0 saturated heterocycles. The van der Waals surface area contributed by atoms with Crippen molar-refractivity contribution in [1.82, 2.24) is 19.3 Å². The van der Waals surface area contributed by atoms with Crippen molar-refractivity contribution in [2.75, 3.05) is 19.5 Å². The van der Waals surface area contributed by atoms with E-state index in [4.69, 9.17) is 18.9 Å². The Balaban J connectivity index is 1.77. The molecule has 1 aromatic carbocycles. The summed E-state index contributed by atoms with van der Waals surface area (Å²) in [4.78, 5) is 30.5. The lowest BCUT2D eigenvalue weighted by Crippen LogP contribution is -2.27. The van der Waals surface area contributed by atoms with Crippen LogP contribution in [0.25, 0.3) is 22.2 Å². The summed E-state index contributed by atoms with van der Waals surface area (Å²) in [5.41, 5.74) is 0.865. The van der Waals surface area contributed by atoms with Crippen molar-refractivity contribution in [2.45, 2.75) is 52.7 Å². The van der Waals surface area contributed by atoms with E-state index < -0.39 is 23.4 Å². The van der Waals surface area contributed by atoms with Gasteiger partial charge in [-0.15, -0.1) is 0 Å². The van der Waals surface area contributed by atoms with Gasteiger partial charge in [-0.2, -0.15) is 9.78 Å². The maximum absolute atomic E-state index is 13.4. The molecule has 4 aromatic rings. The van der Waals surface area contributed by atoms with E-state index in [2.05, 4.69) is 15.4 Å². The monoisotopic (exact) mass is 535 g/mol. The number of fused-ring (bicyclic) bond motifs is 1. The zero-order chi connectivity index (χ0) is 28.5. The first-order valence-corrected chi connectivity index (χ1v) is 12.3. The van der Waals surface area contributed by atoms with Gasteiger partial charge >= 0.3 is 12.2 Å². The van der Waals surface area contributed by atoms with Gasteiger partial charge in [0.25, 0.3) is 0 Å². The second-order valence-electron chi connectivity index (χ2n) is 10.8. The molecule has 4 rings (SSSR count). The molecule has 0 radical (unpaired) electrons. The average Bonchev–Trinajstić information content (AvgIpc) is 3.47. The maximum atomic E-state index is 13.4. The van der Waals surface area contributed by atoms with E-state index in [0.29, 0.717) is 45.2 Å². The van der Waals surface area contributed by atoms with Gasteiger partial charge in [0.05, 0.1) is 31.6 Å². The first-order valence-electron chi connectivity index (χ1n) is 12.3. The minimum Gasteiger partial charge on any atom is -0.493 e. The molecule has 0 unspecified atom stereocenters. The molecule has 39 heavy (non-hydrogen) atoms. The molecule has 0 saturated carbocycles. The van der Waals surface area contributed by atoms with Crippen LogP contribution in [0.1, 0.15) is 41.5 Å². The van der Waals surface area contributed by atoms with Crippen LogP contribution >= 0.6 is 0 Å². The van der Waals surface area contributed by atoms with Gasteiger partial charge in [0.15, 0.2) is 11.5 Å². The third-order valence-electron chi connectivity index (χ3n) is 5.38. The van der Waals surface area contributed by atoms with Crippen molar-refractivity contribution in [2.24, 2.45) is 0 Å². The molecule has 206 valence electrons. The fourth-order valence-corrected chi connectivity index (χ4v) is 3.81. The van der Waals surface area contributed by atoms with E-state index in [9.17, 15) is 9.59 Å². The van der Waals surface area contributed by atoms with Crippen molar-refractivity contribution >= 4 is 34.6 Å². The Labute approximate surface area is 226 Å². The number of ether oxygens (including phenoxy) is 4. The zero-order valence-corrected chi connectivity index (χ0v) is 23.4. The Kier molecular flexibility index (Phi) is 7.27. The minimum absolute atomic E-state index is 0.485. The van der Waals surface area contributed by atoms with Gasteiger partial charge in [0.1, 0.15) is 17.0 Å². The van der Waals surface area contributed by atoms with E-state index in [1.807, 2.05) is 6.07 Å². The SMILES string of the molecule is COc1ccc(Nc2cc3c(cn2)cc(-c2cnn(C(=O)OC(C)(C)C)c2)n3C(=O)OC(C)(C)C)cc1OC. The van der Waals surface area contributed by atoms with Crippen LogP contribution in [0.4, 0.5) is 21.1 Å². The van der Waals surface area contributed by atoms with Gasteiger partial charge < -0.3 is 24.3 Å². The Morgan fingerprint density at radius 1 is 0.846 bits per heavy atom. The molecule has 0 atom stereocenters. The van der Waals surface area contributed by atoms with E-state index in [-0.39, 0.29) is 0 Å². The molecular weight excluding hydrogens is 502 g/mol. The van der Waals surface area contributed by atoms with Crippen LogP contribution in [0.5, 0.6) is 11.5 Å². The largest absolute Gasteiger partial charge is 0.493 e. The van der Waals surface area contributed by atoms with Gasteiger partial charge in [0, 0.05) is 41.2 Å². The smallest absolute Gasteiger partial charge is 0.435 e. The summed E-state index contributed by atoms with van der Waals surface area (Å²) in [7, 11) is 3.13. The summed E-state index contributed by atoms with van der Waals surface area (Å²) >= 11 is 0. The van der Waals surface area contributed by atoms with Gasteiger partial charge in [-0.25, -0.2) is 19.1 Å². The lowest BCUT2D eigenvalue weighted by molar-refractivity contribution is 0.0512. The number of methoxy groups -OCH3 is 2. The Morgan fingerprint density at radius 3 is 2.15 bits per heavy atom. The van der Waals surface area contributed by atoms with Crippen molar-refractivity contribution in [1.29, 1.82) is 0 Å². The molecule has 0 bridgehead atoms. The highest BCUT2D eigenvalue weighted by atomic mass is 16.6. The summed E-state index contributed by atoms with van der Waals surface area (Å²) in [6, 6.07) is 8.94. The van der Waals surface area contributed by atoms with Crippen LogP contribution in [0.2, 0.25) is 0 Å². The van der Waals surface area contributed by atoms with Crippen LogP contribution in [0.15, 0.2) is 48.9 Å². The maximum Gasteiger partial charge on any atom is 0.435 e. The molecule has 3 heterocycles. The number of pyridine rings is 1. The van der Waals surface area contributed by atoms with E-state index >= 15 is 0 Å². The number of rotatable bonds is 5. The van der Waals surface area contributed by atoms with Crippen LogP contribution in [0.3, 0.4) is 0 Å². The molecular formula is C28H33N5O6. The Morgan fingerprint density at radius 2 is 1.51 bits per heavy atom. The molecule has 0 aliphatic rings. The highest BCUT2D eigenvalue weighted by Crippen LogP contribution is 2.33. The molecule has 11 heteroatoms. The third-order valence-corrected chi connectivity index (χ3v) is 5.38. The minimum atomic E-state index is -0.737. The Hall–Kier alpha value is -4.54. The molecule has 0 aliphatic carbocycles. The predicted molar refractivity (Wildman–Crippen MR) is 147 cm³/mol. The third kappa shape index (κ3) is 6.31. The van der Waals surface area contributed by atoms with Gasteiger partial charge in [0.2, 0.25) is 0 Å². The number of carbonyl (C=O) groups is 2. The molecule has 0 aliphatic heterocycles. The summed E-state index contributed by atoms with van der Waals surface area (Å²) in [5.74, 6) is 1.65. The van der Waals surface area contributed by atoms with E-state index in [1.54, 1.807) is 86.2 Å². The second-order valence-corrected chi connectivity index (χ2v) is 10.8. The molecule has 3 aromatic heterocycles. The number of hydrogen-bond donors (Lipinski definition) is 1. The first-order chi connectivity index (χ1) is 18.3. The summed E-state index contributed by atoms with van der Waals surface area (Å²) < 4.78 is 24.4. The fourth-order valence-electron chi connectivity index (χ4n) is 3.81. The normalized spacial score (nSPS) is 11.8. The van der Waals surface area contributed by atoms with Crippen LogP contribution in [0, 0.1) is 0 Å². The van der Waals surface area contributed by atoms with E-state index in [1.165, 1.54) is 17.0 Å². The van der Waals surface area contributed by atoms with Crippen molar-refractivity contribution in [3.63, 3.8) is 0 Å². The average molecular weight is 536 g/mol. The number of benzene rings is 1. The predicted octanol–water partition coefficient (Wildman–Crippen LogP) is 6.23. The highest BCUT2D eigenvalue weighted by molar-refractivity contribution is 5.97. The first kappa shape index (κ1) is 27.5. The number of carbonyl (C=O) groups excluding carboxylic acids is 2. The lowest BCUT2D eigenvalue weighted by Gasteiger charge is -2.21. The summed E-state index contributed by atoms with van der Waals surface area (Å²) in [6.07, 6.45) is 3.45. The zero-order valence-electron chi connectivity index (χ0n) is 23.4. The number of nitrogens with one attached hydrogen (secondary N) is 1. The molecule has 0 amide bonds. The lowest BCUT2D eigenvalue weighted by atomic mass is 10.2. The van der Waals surface area contributed by atoms with Crippen LogP contribution < -0.4 is 14.8 Å². The highest BCUT2D eigenvalue weighted by Gasteiger charge is 2.25. The molecule has 1 N–H and O–H groups in total. The molecule has 0 fully saturated rings. The van der Waals surface area contributed by atoms with Crippen molar-refractivity contribution in [3.05, 3.63) is 48.9 Å². The second kappa shape index (κ2) is 10.3. The number of hydrogen-bond acceptors (Lipinski definition) is 9. The topological polar surface area (TPSA) is 119 Å². The van der Waals surface area contributed by atoms with E-state index in [0.717, 1.165) is 4.68 Å². The summed E-state index contributed by atoms with van der Waals surface area (Å²) in [5, 5.41) is 8.08. The molecule has 11 nitrogen and oxygen atoms in total. The Bertz CT molecular complexity index is 1520. The fraction of sp³-hybridized carbons (Fsp3) is 0.357. The van der Waals surface area contributed by atoms with Gasteiger partial charge in [-0.1, -0.05) is 0 Å².